The fourth-order valence-corrected chi connectivity index (χ4v) is 1.54. The van der Waals surface area contributed by atoms with Crippen molar-refractivity contribution in [3.8, 4) is 0 Å². The van der Waals surface area contributed by atoms with Crippen LogP contribution in [0.25, 0.3) is 0 Å². The van der Waals surface area contributed by atoms with E-state index >= 15 is 0 Å². The fraction of sp³-hybridized carbons (Fsp3) is 0.500. The van der Waals surface area contributed by atoms with Crippen LogP contribution >= 0.6 is 0 Å². The first kappa shape index (κ1) is 15.4. The molecule has 19 heavy (non-hydrogen) atoms. The number of benzene rings is 1. The van der Waals surface area contributed by atoms with Gasteiger partial charge in [-0.3, -0.25) is 4.79 Å². The predicted octanol–water partition coefficient (Wildman–Crippen LogP) is 2.93. The van der Waals surface area contributed by atoms with E-state index in [0.717, 1.165) is 18.6 Å². The number of anilines is 1. The van der Waals surface area contributed by atoms with Crippen molar-refractivity contribution in [2.45, 2.75) is 33.2 Å². The molecule has 0 aromatic heterocycles. The molecule has 0 saturated heterocycles. The topological polar surface area (TPSA) is 41.1 Å². The van der Waals surface area contributed by atoms with Crippen molar-refractivity contribution in [2.75, 3.05) is 11.9 Å². The Kier molecular flexibility index (Phi) is 5.73. The molecule has 1 aromatic rings. The van der Waals surface area contributed by atoms with Crippen LogP contribution in [0.4, 0.5) is 14.5 Å². The number of carbonyl (C=O) groups is 1. The van der Waals surface area contributed by atoms with E-state index in [4.69, 9.17) is 0 Å². The van der Waals surface area contributed by atoms with Gasteiger partial charge in [0.1, 0.15) is 6.04 Å². The molecular weight excluding hydrogens is 250 g/mol. The average molecular weight is 270 g/mol. The van der Waals surface area contributed by atoms with Crippen molar-refractivity contribution in [1.29, 1.82) is 0 Å². The molecule has 3 nitrogen and oxygen atoms in total. The Morgan fingerprint density at radius 1 is 1.21 bits per heavy atom. The summed E-state index contributed by atoms with van der Waals surface area (Å²) in [5, 5.41) is 5.62. The molecule has 1 atom stereocenters. The summed E-state index contributed by atoms with van der Waals surface area (Å²) in [5.74, 6) is -1.47. The van der Waals surface area contributed by atoms with Gasteiger partial charge < -0.3 is 10.6 Å². The van der Waals surface area contributed by atoms with Crippen LogP contribution in [0.2, 0.25) is 0 Å². The Morgan fingerprint density at radius 3 is 2.47 bits per heavy atom. The van der Waals surface area contributed by atoms with Gasteiger partial charge in [-0.1, -0.05) is 13.8 Å². The number of hydrogen-bond donors (Lipinski definition) is 2. The monoisotopic (exact) mass is 270 g/mol. The predicted molar refractivity (Wildman–Crippen MR) is 71.9 cm³/mol. The normalized spacial score (nSPS) is 12.3. The summed E-state index contributed by atoms with van der Waals surface area (Å²) in [4.78, 5) is 11.7. The van der Waals surface area contributed by atoms with Crippen LogP contribution in [0.15, 0.2) is 18.2 Å². The van der Waals surface area contributed by atoms with E-state index in [-0.39, 0.29) is 5.91 Å². The molecule has 1 amide bonds. The number of amides is 1. The summed E-state index contributed by atoms with van der Waals surface area (Å²) < 4.78 is 25.8. The lowest BCUT2D eigenvalue weighted by molar-refractivity contribution is -0.121. The van der Waals surface area contributed by atoms with Gasteiger partial charge in [-0.15, -0.1) is 0 Å². The van der Waals surface area contributed by atoms with Crippen LogP contribution < -0.4 is 10.6 Å². The number of nitrogens with one attached hydrogen (secondary N) is 2. The van der Waals surface area contributed by atoms with E-state index in [9.17, 15) is 13.6 Å². The second-order valence-electron chi connectivity index (χ2n) is 4.97. The van der Waals surface area contributed by atoms with E-state index in [0.29, 0.717) is 18.2 Å². The fourth-order valence-electron chi connectivity index (χ4n) is 1.54. The summed E-state index contributed by atoms with van der Waals surface area (Å²) >= 11 is 0. The van der Waals surface area contributed by atoms with Gasteiger partial charge in [0, 0.05) is 18.3 Å². The highest BCUT2D eigenvalue weighted by Gasteiger charge is 2.13. The maximum atomic E-state index is 13.0. The first-order valence-electron chi connectivity index (χ1n) is 6.39. The Labute approximate surface area is 112 Å². The molecule has 0 saturated carbocycles. The van der Waals surface area contributed by atoms with Gasteiger partial charge >= 0.3 is 0 Å². The molecule has 0 aliphatic rings. The lowest BCUT2D eigenvalue weighted by Crippen LogP contribution is -2.38. The van der Waals surface area contributed by atoms with E-state index in [2.05, 4.69) is 24.5 Å². The van der Waals surface area contributed by atoms with E-state index in [1.54, 1.807) is 6.92 Å². The molecular formula is C14H20F2N2O. The summed E-state index contributed by atoms with van der Waals surface area (Å²) in [6.45, 7) is 6.44. The van der Waals surface area contributed by atoms with Gasteiger partial charge in [-0.2, -0.15) is 0 Å². The van der Waals surface area contributed by atoms with Crippen molar-refractivity contribution < 1.29 is 13.6 Å². The Balaban J connectivity index is 2.47. The van der Waals surface area contributed by atoms with Crippen LogP contribution in [0.1, 0.15) is 27.2 Å². The van der Waals surface area contributed by atoms with Crippen LogP contribution in [-0.4, -0.2) is 18.5 Å². The molecule has 0 aliphatic heterocycles. The lowest BCUT2D eigenvalue weighted by Gasteiger charge is -2.16. The maximum Gasteiger partial charge on any atom is 0.242 e. The smallest absolute Gasteiger partial charge is 0.242 e. The molecule has 0 bridgehead atoms. The van der Waals surface area contributed by atoms with Gasteiger partial charge in [0.05, 0.1) is 0 Å². The second-order valence-corrected chi connectivity index (χ2v) is 4.97. The summed E-state index contributed by atoms with van der Waals surface area (Å²) in [6.07, 6.45) is 0.906. The molecule has 5 heteroatoms. The Bertz CT molecular complexity index is 435. The summed E-state index contributed by atoms with van der Waals surface area (Å²) in [6, 6.07) is 2.96. The zero-order valence-corrected chi connectivity index (χ0v) is 11.5. The Hall–Kier alpha value is -1.65. The molecule has 1 rings (SSSR count). The van der Waals surface area contributed by atoms with Crippen molar-refractivity contribution in [2.24, 2.45) is 5.92 Å². The minimum atomic E-state index is -0.933. The summed E-state index contributed by atoms with van der Waals surface area (Å²) in [7, 11) is 0. The number of hydrogen-bond acceptors (Lipinski definition) is 2. The van der Waals surface area contributed by atoms with Gasteiger partial charge in [-0.05, 0) is 31.4 Å². The van der Waals surface area contributed by atoms with Gasteiger partial charge in [0.25, 0.3) is 0 Å². The largest absolute Gasteiger partial charge is 0.374 e. The van der Waals surface area contributed by atoms with Crippen molar-refractivity contribution in [1.82, 2.24) is 5.32 Å². The van der Waals surface area contributed by atoms with Crippen LogP contribution in [0, 0.1) is 17.6 Å². The third-order valence-corrected chi connectivity index (χ3v) is 2.72. The molecule has 0 aliphatic carbocycles. The summed E-state index contributed by atoms with van der Waals surface area (Å²) in [5.41, 5.74) is 0.380. The first-order valence-corrected chi connectivity index (χ1v) is 6.39. The van der Waals surface area contributed by atoms with E-state index in [1.807, 2.05) is 0 Å². The molecule has 1 unspecified atom stereocenters. The third kappa shape index (κ3) is 5.24. The Morgan fingerprint density at radius 2 is 1.89 bits per heavy atom. The molecule has 106 valence electrons. The average Bonchev–Trinajstić information content (AvgIpc) is 2.33. The highest BCUT2D eigenvalue weighted by atomic mass is 19.2. The van der Waals surface area contributed by atoms with Gasteiger partial charge in [0.15, 0.2) is 11.6 Å². The zero-order valence-electron chi connectivity index (χ0n) is 11.5. The quantitative estimate of drug-likeness (QED) is 0.834. The minimum absolute atomic E-state index is 0.162. The number of halogens is 2. The number of carbonyl (C=O) groups excluding carboxylic acids is 1. The van der Waals surface area contributed by atoms with Crippen LogP contribution in [0.3, 0.4) is 0 Å². The molecule has 0 heterocycles. The highest BCUT2D eigenvalue weighted by molar-refractivity contribution is 5.84. The SMILES string of the molecule is CC(C)CCNC(=O)C(C)Nc1ccc(F)c(F)c1. The van der Waals surface area contributed by atoms with Crippen LogP contribution in [-0.2, 0) is 4.79 Å². The van der Waals surface area contributed by atoms with Crippen molar-refractivity contribution >= 4 is 11.6 Å². The highest BCUT2D eigenvalue weighted by Crippen LogP contribution is 2.14. The molecule has 1 aromatic carbocycles. The molecule has 2 N–H and O–H groups in total. The van der Waals surface area contributed by atoms with E-state index in [1.165, 1.54) is 6.07 Å². The zero-order chi connectivity index (χ0) is 14.4. The standard InChI is InChI=1S/C14H20F2N2O/c1-9(2)6-7-17-14(19)10(3)18-11-4-5-12(15)13(16)8-11/h4-5,8-10,18H,6-7H2,1-3H3,(H,17,19). The van der Waals surface area contributed by atoms with Crippen molar-refractivity contribution in [3.05, 3.63) is 29.8 Å². The van der Waals surface area contributed by atoms with E-state index < -0.39 is 17.7 Å². The van der Waals surface area contributed by atoms with Crippen molar-refractivity contribution in [3.63, 3.8) is 0 Å². The third-order valence-electron chi connectivity index (χ3n) is 2.72. The lowest BCUT2D eigenvalue weighted by atomic mass is 10.1. The molecule has 0 spiro atoms. The van der Waals surface area contributed by atoms with Gasteiger partial charge in [0.2, 0.25) is 5.91 Å². The second kappa shape index (κ2) is 7.07. The minimum Gasteiger partial charge on any atom is -0.374 e. The van der Waals surface area contributed by atoms with Crippen LogP contribution in [0.5, 0.6) is 0 Å². The molecule has 0 radical (unpaired) electrons. The molecule has 0 fully saturated rings. The number of rotatable bonds is 6. The maximum absolute atomic E-state index is 13.0. The van der Waals surface area contributed by atoms with Gasteiger partial charge in [-0.25, -0.2) is 8.78 Å². The first-order chi connectivity index (χ1) is 8.90.